The molecule has 0 radical (unpaired) electrons. The van der Waals surface area contributed by atoms with Crippen LogP contribution in [0.5, 0.6) is 11.5 Å². The highest BCUT2D eigenvalue weighted by molar-refractivity contribution is 7.92. The van der Waals surface area contributed by atoms with Crippen molar-refractivity contribution in [2.45, 2.75) is 24.8 Å². The van der Waals surface area contributed by atoms with Gasteiger partial charge in [0, 0.05) is 0 Å². The molecule has 0 aromatic heterocycles. The maximum Gasteiger partial charge on any atom is 0.264 e. The van der Waals surface area contributed by atoms with Crippen LogP contribution < -0.4 is 19.1 Å². The van der Waals surface area contributed by atoms with Gasteiger partial charge in [0.05, 0.1) is 23.7 Å². The number of anilines is 1. The van der Waals surface area contributed by atoms with E-state index >= 15 is 0 Å². The van der Waals surface area contributed by atoms with Gasteiger partial charge in [-0.3, -0.25) is 9.10 Å². The number of rotatable bonds is 10. The summed E-state index contributed by atoms with van der Waals surface area (Å²) in [4.78, 5) is 12.7. The van der Waals surface area contributed by atoms with Crippen LogP contribution in [0.4, 0.5) is 10.1 Å². The van der Waals surface area contributed by atoms with Crippen molar-refractivity contribution in [3.05, 3.63) is 84.2 Å². The van der Waals surface area contributed by atoms with Crippen molar-refractivity contribution in [3.8, 4) is 11.5 Å². The molecule has 3 aromatic carbocycles. The first-order valence-electron chi connectivity index (χ1n) is 10.6. The van der Waals surface area contributed by atoms with Crippen LogP contribution in [0.1, 0.15) is 12.5 Å². The number of methoxy groups -OCH3 is 1. The Morgan fingerprint density at radius 3 is 2.24 bits per heavy atom. The lowest BCUT2D eigenvalue weighted by molar-refractivity contribution is -0.120. The highest BCUT2D eigenvalue weighted by Crippen LogP contribution is 2.27. The second kappa shape index (κ2) is 11.0. The van der Waals surface area contributed by atoms with Crippen LogP contribution in [0.2, 0.25) is 0 Å². The monoisotopic (exact) mass is 486 g/mol. The number of hydrogen-bond donors (Lipinski definition) is 1. The minimum Gasteiger partial charge on any atom is -0.497 e. The molecule has 0 heterocycles. The SMILES string of the molecule is COc1ccc(S(=O)(=O)N(CC(=O)NC(C)COc2ccc(C)cc2)c2ccccc2F)cc1. The van der Waals surface area contributed by atoms with E-state index in [9.17, 15) is 17.6 Å². The molecule has 1 atom stereocenters. The number of halogens is 1. The van der Waals surface area contributed by atoms with Crippen LogP contribution in [-0.4, -0.2) is 40.6 Å². The second-order valence-corrected chi connectivity index (χ2v) is 9.59. The van der Waals surface area contributed by atoms with Gasteiger partial charge >= 0.3 is 0 Å². The molecule has 1 amide bonds. The lowest BCUT2D eigenvalue weighted by Gasteiger charge is -2.25. The highest BCUT2D eigenvalue weighted by Gasteiger charge is 2.29. The molecular weight excluding hydrogens is 459 g/mol. The molecule has 9 heteroatoms. The first kappa shape index (κ1) is 25.0. The van der Waals surface area contributed by atoms with Crippen molar-refractivity contribution in [3.63, 3.8) is 0 Å². The molecule has 1 unspecified atom stereocenters. The summed E-state index contributed by atoms with van der Waals surface area (Å²) in [5.74, 6) is -0.234. The summed E-state index contributed by atoms with van der Waals surface area (Å²) in [5.41, 5.74) is 0.872. The molecule has 7 nitrogen and oxygen atoms in total. The van der Waals surface area contributed by atoms with E-state index in [2.05, 4.69) is 5.32 Å². The number of para-hydroxylation sites is 1. The van der Waals surface area contributed by atoms with Gasteiger partial charge in [0.1, 0.15) is 30.5 Å². The number of carbonyl (C=O) groups is 1. The van der Waals surface area contributed by atoms with Gasteiger partial charge in [-0.25, -0.2) is 12.8 Å². The fourth-order valence-electron chi connectivity index (χ4n) is 3.18. The number of amides is 1. The van der Waals surface area contributed by atoms with Crippen LogP contribution in [0, 0.1) is 12.7 Å². The molecule has 0 fully saturated rings. The van der Waals surface area contributed by atoms with E-state index in [1.807, 2.05) is 31.2 Å². The van der Waals surface area contributed by atoms with E-state index < -0.39 is 34.3 Å². The van der Waals surface area contributed by atoms with Crippen LogP contribution in [-0.2, 0) is 14.8 Å². The van der Waals surface area contributed by atoms with E-state index in [4.69, 9.17) is 9.47 Å². The summed E-state index contributed by atoms with van der Waals surface area (Å²) in [6.07, 6.45) is 0. The summed E-state index contributed by atoms with van der Waals surface area (Å²) >= 11 is 0. The summed E-state index contributed by atoms with van der Waals surface area (Å²) in [7, 11) is -2.78. The van der Waals surface area contributed by atoms with Gasteiger partial charge in [-0.15, -0.1) is 0 Å². The van der Waals surface area contributed by atoms with Crippen molar-refractivity contribution in [1.29, 1.82) is 0 Å². The number of aryl methyl sites for hydroxylation is 1. The highest BCUT2D eigenvalue weighted by atomic mass is 32.2. The lowest BCUT2D eigenvalue weighted by atomic mass is 10.2. The van der Waals surface area contributed by atoms with Crippen molar-refractivity contribution in [2.24, 2.45) is 0 Å². The topological polar surface area (TPSA) is 84.9 Å². The number of ether oxygens (including phenoxy) is 2. The Bertz CT molecular complexity index is 1210. The Morgan fingerprint density at radius 1 is 1.00 bits per heavy atom. The molecule has 180 valence electrons. The molecule has 34 heavy (non-hydrogen) atoms. The van der Waals surface area contributed by atoms with Gasteiger partial charge in [-0.1, -0.05) is 29.8 Å². The van der Waals surface area contributed by atoms with Crippen LogP contribution >= 0.6 is 0 Å². The molecule has 0 saturated heterocycles. The summed E-state index contributed by atoms with van der Waals surface area (Å²) in [6, 6.07) is 18.1. The van der Waals surface area contributed by atoms with E-state index in [0.717, 1.165) is 15.9 Å². The third kappa shape index (κ3) is 6.26. The largest absolute Gasteiger partial charge is 0.497 e. The van der Waals surface area contributed by atoms with Crippen molar-refractivity contribution in [2.75, 3.05) is 24.6 Å². The third-order valence-corrected chi connectivity index (χ3v) is 6.76. The molecule has 3 aromatic rings. The third-order valence-electron chi connectivity index (χ3n) is 4.98. The first-order valence-corrected chi connectivity index (χ1v) is 12.0. The Kier molecular flexibility index (Phi) is 8.12. The number of benzene rings is 3. The zero-order chi connectivity index (χ0) is 24.7. The predicted octanol–water partition coefficient (Wildman–Crippen LogP) is 3.92. The molecule has 0 aliphatic heterocycles. The average molecular weight is 487 g/mol. The maximum atomic E-state index is 14.6. The van der Waals surface area contributed by atoms with E-state index in [1.165, 1.54) is 49.6 Å². The van der Waals surface area contributed by atoms with Gasteiger partial charge in [0.15, 0.2) is 0 Å². The van der Waals surface area contributed by atoms with Gasteiger partial charge in [-0.05, 0) is 62.4 Å². The summed E-state index contributed by atoms with van der Waals surface area (Å²) in [6.45, 7) is 3.27. The minimum atomic E-state index is -4.25. The Balaban J connectivity index is 1.76. The van der Waals surface area contributed by atoms with E-state index in [0.29, 0.717) is 11.5 Å². The van der Waals surface area contributed by atoms with E-state index in [1.54, 1.807) is 6.92 Å². The number of carbonyl (C=O) groups excluding carboxylic acids is 1. The molecule has 0 aliphatic rings. The van der Waals surface area contributed by atoms with Gasteiger partial charge in [-0.2, -0.15) is 0 Å². The lowest BCUT2D eigenvalue weighted by Crippen LogP contribution is -2.45. The molecule has 0 spiro atoms. The second-order valence-electron chi connectivity index (χ2n) is 7.73. The minimum absolute atomic E-state index is 0.0971. The number of nitrogens with one attached hydrogen (secondary N) is 1. The molecule has 0 aliphatic carbocycles. The smallest absolute Gasteiger partial charge is 0.264 e. The normalized spacial score (nSPS) is 12.0. The molecular formula is C25H27FN2O5S. The number of sulfonamides is 1. The van der Waals surface area contributed by atoms with E-state index in [-0.39, 0.29) is 17.2 Å². The summed E-state index contributed by atoms with van der Waals surface area (Å²) in [5, 5.41) is 2.71. The summed E-state index contributed by atoms with van der Waals surface area (Å²) < 4.78 is 52.8. The average Bonchev–Trinajstić information content (AvgIpc) is 2.82. The zero-order valence-electron chi connectivity index (χ0n) is 19.2. The standard InChI is InChI=1S/C25H27FN2O5S/c1-18-8-10-21(11-9-18)33-17-19(2)27-25(29)16-28(24-7-5-4-6-23(24)26)34(30,31)22-14-12-20(32-3)13-15-22/h4-15,19H,16-17H2,1-3H3,(H,27,29). The van der Waals surface area contributed by atoms with Crippen molar-refractivity contribution < 1.29 is 27.1 Å². The first-order chi connectivity index (χ1) is 16.2. The zero-order valence-corrected chi connectivity index (χ0v) is 20.0. The van der Waals surface area contributed by atoms with Gasteiger partial charge < -0.3 is 14.8 Å². The number of hydrogen-bond acceptors (Lipinski definition) is 5. The van der Waals surface area contributed by atoms with Crippen molar-refractivity contribution >= 4 is 21.6 Å². The molecule has 0 saturated carbocycles. The molecule has 1 N–H and O–H groups in total. The van der Waals surface area contributed by atoms with Crippen LogP contribution in [0.3, 0.4) is 0 Å². The fourth-order valence-corrected chi connectivity index (χ4v) is 4.61. The number of nitrogens with zero attached hydrogens (tertiary/aromatic N) is 1. The Labute approximate surface area is 199 Å². The van der Waals surface area contributed by atoms with Crippen LogP contribution in [0.25, 0.3) is 0 Å². The quantitative estimate of drug-likeness (QED) is 0.470. The Hall–Kier alpha value is -3.59. The maximum absolute atomic E-state index is 14.6. The Morgan fingerprint density at radius 2 is 1.62 bits per heavy atom. The molecule has 3 rings (SSSR count). The molecule has 0 bridgehead atoms. The van der Waals surface area contributed by atoms with Gasteiger partial charge in [0.25, 0.3) is 10.0 Å². The predicted molar refractivity (Wildman–Crippen MR) is 128 cm³/mol. The van der Waals surface area contributed by atoms with Crippen LogP contribution in [0.15, 0.2) is 77.7 Å². The van der Waals surface area contributed by atoms with Gasteiger partial charge in [0.2, 0.25) is 5.91 Å². The fraction of sp³-hybridized carbons (Fsp3) is 0.240. The van der Waals surface area contributed by atoms with Crippen molar-refractivity contribution in [1.82, 2.24) is 5.32 Å².